The molecule has 1 aliphatic carbocycles. The largest absolute Gasteiger partial charge is 0.500 e. The Morgan fingerprint density at radius 1 is 0.958 bits per heavy atom. The first kappa shape index (κ1) is 20.3. The van der Waals surface area contributed by atoms with Gasteiger partial charge in [0, 0.05) is 31.9 Å². The Morgan fingerprint density at radius 2 is 1.54 bits per heavy atom. The second kappa shape index (κ2) is 10.2. The molecule has 1 saturated heterocycles. The number of nitrogens with zero attached hydrogens (tertiary/aromatic N) is 1. The molecule has 0 radical (unpaired) electrons. The minimum Gasteiger partial charge on any atom is -0.391 e. The summed E-state index contributed by atoms with van der Waals surface area (Å²) in [6.45, 7) is 10.3. The molecule has 1 aliphatic heterocycles. The highest BCUT2D eigenvalue weighted by atomic mass is 28.4. The summed E-state index contributed by atoms with van der Waals surface area (Å²) in [7, 11) is -2.53. The minimum absolute atomic E-state index is 0.146. The van der Waals surface area contributed by atoms with E-state index in [2.05, 4.69) is 4.90 Å². The van der Waals surface area contributed by atoms with E-state index in [0.717, 1.165) is 44.8 Å². The third kappa shape index (κ3) is 5.51. The Morgan fingerprint density at radius 3 is 2.08 bits per heavy atom. The lowest BCUT2D eigenvalue weighted by Crippen LogP contribution is -2.48. The van der Waals surface area contributed by atoms with Crippen molar-refractivity contribution in [2.24, 2.45) is 5.92 Å². The molecule has 1 heterocycles. The highest BCUT2D eigenvalue weighted by Gasteiger charge is 2.42. The van der Waals surface area contributed by atoms with Crippen LogP contribution in [-0.4, -0.2) is 63.9 Å². The molecule has 1 N–H and O–H groups in total. The van der Waals surface area contributed by atoms with E-state index in [1.54, 1.807) is 0 Å². The van der Waals surface area contributed by atoms with Crippen LogP contribution in [0.25, 0.3) is 0 Å². The van der Waals surface area contributed by atoms with E-state index in [-0.39, 0.29) is 6.10 Å². The van der Waals surface area contributed by atoms with E-state index in [1.807, 2.05) is 20.8 Å². The van der Waals surface area contributed by atoms with Crippen molar-refractivity contribution >= 4 is 8.80 Å². The molecule has 5 nitrogen and oxygen atoms in total. The van der Waals surface area contributed by atoms with Gasteiger partial charge in [0.05, 0.1) is 6.10 Å². The van der Waals surface area contributed by atoms with E-state index < -0.39 is 8.80 Å². The summed E-state index contributed by atoms with van der Waals surface area (Å²) in [4.78, 5) is 2.51. The Hall–Kier alpha value is 0.0169. The molecule has 24 heavy (non-hydrogen) atoms. The fraction of sp³-hybridized carbons (Fsp3) is 1.00. The van der Waals surface area contributed by atoms with Gasteiger partial charge in [0.2, 0.25) is 0 Å². The van der Waals surface area contributed by atoms with Crippen LogP contribution in [0.3, 0.4) is 0 Å². The van der Waals surface area contributed by atoms with Gasteiger partial charge in [0.25, 0.3) is 0 Å². The van der Waals surface area contributed by atoms with Crippen molar-refractivity contribution in [1.29, 1.82) is 0 Å². The number of hydrogen-bond donors (Lipinski definition) is 1. The highest BCUT2D eigenvalue weighted by molar-refractivity contribution is 6.60. The Labute approximate surface area is 149 Å². The highest BCUT2D eigenvalue weighted by Crippen LogP contribution is 2.34. The normalized spacial score (nSPS) is 29.2. The van der Waals surface area contributed by atoms with Crippen LogP contribution in [0.5, 0.6) is 0 Å². The SMILES string of the molecule is CCO[Si](CCC1CCC(O)C(N2CCCC2)C1)(OCC)OCC. The van der Waals surface area contributed by atoms with E-state index >= 15 is 0 Å². The number of hydrogen-bond acceptors (Lipinski definition) is 5. The lowest BCUT2D eigenvalue weighted by Gasteiger charge is -2.39. The summed E-state index contributed by atoms with van der Waals surface area (Å²) in [6, 6.07) is 1.25. The monoisotopic (exact) mass is 359 g/mol. The summed E-state index contributed by atoms with van der Waals surface area (Å²) in [6.07, 6.45) is 6.65. The predicted molar refractivity (Wildman–Crippen MR) is 98.0 cm³/mol. The topological polar surface area (TPSA) is 51.2 Å². The van der Waals surface area contributed by atoms with Gasteiger partial charge in [0.15, 0.2) is 0 Å². The zero-order valence-corrected chi connectivity index (χ0v) is 16.8. The first-order valence-electron chi connectivity index (χ1n) is 9.98. The lowest BCUT2D eigenvalue weighted by molar-refractivity contribution is 0.0108. The number of likely N-dealkylation sites (tertiary alicyclic amines) is 1. The van der Waals surface area contributed by atoms with Gasteiger partial charge in [-0.2, -0.15) is 0 Å². The van der Waals surface area contributed by atoms with Crippen LogP contribution >= 0.6 is 0 Å². The first-order chi connectivity index (χ1) is 11.6. The molecule has 0 aromatic heterocycles. The second-order valence-electron chi connectivity index (χ2n) is 7.08. The molecule has 2 rings (SSSR count). The summed E-state index contributed by atoms with van der Waals surface area (Å²) in [5.74, 6) is 0.646. The van der Waals surface area contributed by atoms with Gasteiger partial charge in [-0.15, -0.1) is 0 Å². The standard InChI is InChI=1S/C18H37NO4Si/c1-4-21-24(22-5-2,23-6-3)14-11-16-9-10-18(20)17(15-16)19-12-7-8-13-19/h16-18,20H,4-15H2,1-3H3. The van der Waals surface area contributed by atoms with Gasteiger partial charge in [-0.25, -0.2) is 0 Å². The minimum atomic E-state index is -2.53. The molecule has 6 heteroatoms. The average Bonchev–Trinajstić information content (AvgIpc) is 3.09. The lowest BCUT2D eigenvalue weighted by atomic mass is 9.81. The third-order valence-electron chi connectivity index (χ3n) is 5.45. The van der Waals surface area contributed by atoms with Crippen LogP contribution in [-0.2, 0) is 13.3 Å². The summed E-state index contributed by atoms with van der Waals surface area (Å²) in [5.41, 5.74) is 0. The summed E-state index contributed by atoms with van der Waals surface area (Å²) >= 11 is 0. The summed E-state index contributed by atoms with van der Waals surface area (Å²) in [5, 5.41) is 10.4. The van der Waals surface area contributed by atoms with Crippen molar-refractivity contribution in [2.45, 2.75) is 77.5 Å². The molecule has 0 bridgehead atoms. The molecule has 0 amide bonds. The zero-order chi connectivity index (χ0) is 17.4. The van der Waals surface area contributed by atoms with Crippen LogP contribution in [0.4, 0.5) is 0 Å². The van der Waals surface area contributed by atoms with Crippen LogP contribution in [0, 0.1) is 5.92 Å². The van der Waals surface area contributed by atoms with Crippen LogP contribution in [0.1, 0.15) is 59.3 Å². The number of aliphatic hydroxyl groups excluding tert-OH is 1. The van der Waals surface area contributed by atoms with Gasteiger partial charge in [-0.3, -0.25) is 4.90 Å². The molecule has 3 atom stereocenters. The van der Waals surface area contributed by atoms with Gasteiger partial charge in [-0.1, -0.05) is 0 Å². The Bertz CT molecular complexity index is 335. The molecular formula is C18H37NO4Si. The molecule has 2 fully saturated rings. The van der Waals surface area contributed by atoms with Crippen LogP contribution in [0.2, 0.25) is 6.04 Å². The van der Waals surface area contributed by atoms with Crippen molar-refractivity contribution in [1.82, 2.24) is 4.90 Å². The fourth-order valence-electron chi connectivity index (χ4n) is 4.33. The third-order valence-corrected chi connectivity index (χ3v) is 8.54. The van der Waals surface area contributed by atoms with Gasteiger partial charge >= 0.3 is 8.80 Å². The molecule has 142 valence electrons. The smallest absolute Gasteiger partial charge is 0.391 e. The van der Waals surface area contributed by atoms with Crippen molar-refractivity contribution in [3.63, 3.8) is 0 Å². The van der Waals surface area contributed by atoms with E-state index in [0.29, 0.717) is 31.8 Å². The van der Waals surface area contributed by atoms with Gasteiger partial charge < -0.3 is 18.4 Å². The van der Waals surface area contributed by atoms with E-state index in [9.17, 15) is 5.11 Å². The second-order valence-corrected chi connectivity index (χ2v) is 9.81. The molecule has 2 aliphatic rings. The van der Waals surface area contributed by atoms with E-state index in [1.165, 1.54) is 12.8 Å². The Kier molecular flexibility index (Phi) is 8.67. The molecule has 3 unspecified atom stereocenters. The van der Waals surface area contributed by atoms with Crippen molar-refractivity contribution in [3.8, 4) is 0 Å². The Balaban J connectivity index is 1.90. The molecule has 0 aromatic carbocycles. The van der Waals surface area contributed by atoms with Crippen molar-refractivity contribution in [3.05, 3.63) is 0 Å². The average molecular weight is 360 g/mol. The zero-order valence-electron chi connectivity index (χ0n) is 15.8. The molecular weight excluding hydrogens is 322 g/mol. The molecule has 1 saturated carbocycles. The maximum atomic E-state index is 10.4. The number of aliphatic hydroxyl groups is 1. The number of rotatable bonds is 10. The molecule has 0 aromatic rings. The van der Waals surface area contributed by atoms with Crippen molar-refractivity contribution in [2.75, 3.05) is 32.9 Å². The van der Waals surface area contributed by atoms with Crippen LogP contribution < -0.4 is 0 Å². The maximum absolute atomic E-state index is 10.4. The van der Waals surface area contributed by atoms with E-state index in [4.69, 9.17) is 13.3 Å². The van der Waals surface area contributed by atoms with Crippen molar-refractivity contribution < 1.29 is 18.4 Å². The maximum Gasteiger partial charge on any atom is 0.500 e. The van der Waals surface area contributed by atoms with Crippen LogP contribution in [0.15, 0.2) is 0 Å². The quantitative estimate of drug-likeness (QED) is 0.608. The summed E-state index contributed by atoms with van der Waals surface area (Å²) < 4.78 is 18.0. The fourth-order valence-corrected chi connectivity index (χ4v) is 7.09. The predicted octanol–water partition coefficient (Wildman–Crippen LogP) is 3.05. The first-order valence-corrected chi connectivity index (χ1v) is 11.9. The molecule has 0 spiro atoms. The van der Waals surface area contributed by atoms with Gasteiger partial charge in [-0.05, 0) is 78.3 Å². The van der Waals surface area contributed by atoms with Gasteiger partial charge in [0.1, 0.15) is 0 Å².